The highest BCUT2D eigenvalue weighted by atomic mass is 35.5. The van der Waals surface area contributed by atoms with E-state index in [0.717, 1.165) is 5.56 Å². The normalized spacial score (nSPS) is 17.4. The molecule has 2 N–H and O–H groups in total. The van der Waals surface area contributed by atoms with Gasteiger partial charge in [-0.2, -0.15) is 0 Å². The van der Waals surface area contributed by atoms with Crippen LogP contribution in [0.4, 0.5) is 11.4 Å². The Hall–Kier alpha value is -1.31. The van der Waals surface area contributed by atoms with Crippen molar-refractivity contribution in [1.82, 2.24) is 5.32 Å². The highest BCUT2D eigenvalue weighted by molar-refractivity contribution is 7.93. The molecule has 0 aliphatic carbocycles. The van der Waals surface area contributed by atoms with Gasteiger partial charge in [0, 0.05) is 24.7 Å². The summed E-state index contributed by atoms with van der Waals surface area (Å²) >= 11 is 0. The van der Waals surface area contributed by atoms with E-state index in [0.29, 0.717) is 30.9 Å². The number of amides is 1. The molecule has 1 aliphatic rings. The molecule has 2 rings (SSSR count). The Morgan fingerprint density at radius 1 is 1.39 bits per heavy atom. The van der Waals surface area contributed by atoms with Gasteiger partial charge in [0.05, 0.1) is 11.4 Å². The fraction of sp³-hybridized carbons (Fsp3) is 0.533. The highest BCUT2D eigenvalue weighted by Gasteiger charge is 2.29. The van der Waals surface area contributed by atoms with Crippen LogP contribution in [0, 0.1) is 12.8 Å². The number of sulfonamides is 1. The molecule has 1 amide bonds. The summed E-state index contributed by atoms with van der Waals surface area (Å²) in [4.78, 5) is 12.1. The molecule has 6 nitrogen and oxygen atoms in total. The van der Waals surface area contributed by atoms with E-state index in [1.165, 1.54) is 4.31 Å². The second-order valence-corrected chi connectivity index (χ2v) is 7.70. The standard InChI is InChI=1S/C15H23N3O3S.ClH/c1-11-5-6-13(17-15(19)12(2)10-16-3)9-14(11)18-7-4-8-22(18,20)21;/h5-6,9,12,16H,4,7-8,10H2,1-3H3,(H,17,19);1H. The van der Waals surface area contributed by atoms with Gasteiger partial charge in [-0.15, -0.1) is 12.4 Å². The molecule has 1 heterocycles. The molecule has 0 bridgehead atoms. The van der Waals surface area contributed by atoms with Crippen LogP contribution in [-0.2, 0) is 14.8 Å². The van der Waals surface area contributed by atoms with Crippen molar-refractivity contribution >= 4 is 39.7 Å². The van der Waals surface area contributed by atoms with Gasteiger partial charge in [0.1, 0.15) is 0 Å². The minimum Gasteiger partial charge on any atom is -0.326 e. The summed E-state index contributed by atoms with van der Waals surface area (Å²) < 4.78 is 25.6. The minimum atomic E-state index is -3.22. The van der Waals surface area contributed by atoms with Crippen molar-refractivity contribution in [3.8, 4) is 0 Å². The van der Waals surface area contributed by atoms with Crippen molar-refractivity contribution in [2.75, 3.05) is 35.5 Å². The topological polar surface area (TPSA) is 78.5 Å². The zero-order valence-corrected chi connectivity index (χ0v) is 15.3. The third-order valence-electron chi connectivity index (χ3n) is 3.80. The number of halogens is 1. The molecule has 8 heteroatoms. The third-order valence-corrected chi connectivity index (χ3v) is 5.66. The van der Waals surface area contributed by atoms with Crippen molar-refractivity contribution in [1.29, 1.82) is 0 Å². The number of aryl methyl sites for hydroxylation is 1. The zero-order chi connectivity index (χ0) is 16.3. The Labute approximate surface area is 144 Å². The molecule has 1 aromatic carbocycles. The Morgan fingerprint density at radius 2 is 2.09 bits per heavy atom. The number of nitrogens with zero attached hydrogens (tertiary/aromatic N) is 1. The van der Waals surface area contributed by atoms with E-state index in [1.807, 2.05) is 19.9 Å². The fourth-order valence-electron chi connectivity index (χ4n) is 2.53. The van der Waals surface area contributed by atoms with Crippen LogP contribution in [0.2, 0.25) is 0 Å². The highest BCUT2D eigenvalue weighted by Crippen LogP contribution is 2.30. The van der Waals surface area contributed by atoms with E-state index < -0.39 is 10.0 Å². The van der Waals surface area contributed by atoms with Crippen LogP contribution < -0.4 is 14.9 Å². The molecule has 1 aliphatic heterocycles. The maximum absolute atomic E-state index is 12.1. The first-order chi connectivity index (χ1) is 10.3. The summed E-state index contributed by atoms with van der Waals surface area (Å²) in [7, 11) is -1.42. The van der Waals surface area contributed by atoms with Crippen LogP contribution in [0.3, 0.4) is 0 Å². The average Bonchev–Trinajstić information content (AvgIpc) is 2.80. The first kappa shape index (κ1) is 19.7. The number of benzene rings is 1. The van der Waals surface area contributed by atoms with E-state index in [4.69, 9.17) is 0 Å². The monoisotopic (exact) mass is 361 g/mol. The number of rotatable bonds is 5. The van der Waals surface area contributed by atoms with Crippen molar-refractivity contribution in [2.45, 2.75) is 20.3 Å². The minimum absolute atomic E-state index is 0. The average molecular weight is 362 g/mol. The van der Waals surface area contributed by atoms with Crippen molar-refractivity contribution in [3.05, 3.63) is 23.8 Å². The van der Waals surface area contributed by atoms with Gasteiger partial charge in [0.15, 0.2) is 0 Å². The number of nitrogens with one attached hydrogen (secondary N) is 2. The van der Waals surface area contributed by atoms with Gasteiger partial charge in [-0.1, -0.05) is 13.0 Å². The number of hydrogen-bond acceptors (Lipinski definition) is 4. The van der Waals surface area contributed by atoms with E-state index in [-0.39, 0.29) is 30.0 Å². The van der Waals surface area contributed by atoms with E-state index in [1.54, 1.807) is 19.2 Å². The van der Waals surface area contributed by atoms with Crippen molar-refractivity contribution in [2.24, 2.45) is 5.92 Å². The van der Waals surface area contributed by atoms with E-state index in [9.17, 15) is 13.2 Å². The number of hydrogen-bond donors (Lipinski definition) is 2. The van der Waals surface area contributed by atoms with Crippen molar-refractivity contribution in [3.63, 3.8) is 0 Å². The second-order valence-electron chi connectivity index (χ2n) is 5.69. The number of carbonyl (C=O) groups excluding carboxylic acids is 1. The largest absolute Gasteiger partial charge is 0.326 e. The Bertz CT molecular complexity index is 664. The Morgan fingerprint density at radius 3 is 2.65 bits per heavy atom. The van der Waals surface area contributed by atoms with Crippen LogP contribution in [-0.4, -0.2) is 40.2 Å². The number of carbonyl (C=O) groups is 1. The van der Waals surface area contributed by atoms with Crippen LogP contribution in [0.15, 0.2) is 18.2 Å². The predicted molar refractivity (Wildman–Crippen MR) is 95.9 cm³/mol. The van der Waals surface area contributed by atoms with Crippen LogP contribution >= 0.6 is 12.4 Å². The molecule has 1 saturated heterocycles. The first-order valence-electron chi connectivity index (χ1n) is 7.41. The SMILES string of the molecule is CNCC(C)C(=O)Nc1ccc(C)c(N2CCCS2(=O)=O)c1.Cl. The van der Waals surface area contributed by atoms with Crippen LogP contribution in [0.5, 0.6) is 0 Å². The lowest BCUT2D eigenvalue weighted by atomic mass is 10.1. The Kier molecular flexibility index (Phi) is 6.85. The quantitative estimate of drug-likeness (QED) is 0.837. The lowest BCUT2D eigenvalue weighted by molar-refractivity contribution is -0.119. The molecule has 0 saturated carbocycles. The zero-order valence-electron chi connectivity index (χ0n) is 13.6. The smallest absolute Gasteiger partial charge is 0.235 e. The lowest BCUT2D eigenvalue weighted by Crippen LogP contribution is -2.29. The molecule has 0 radical (unpaired) electrons. The molecular formula is C15H24ClN3O3S. The second kappa shape index (κ2) is 7.99. The summed E-state index contributed by atoms with van der Waals surface area (Å²) in [5.74, 6) is -0.0684. The summed E-state index contributed by atoms with van der Waals surface area (Å²) in [5.41, 5.74) is 2.15. The molecule has 1 unspecified atom stereocenters. The molecule has 1 atom stereocenters. The van der Waals surface area contributed by atoms with Gasteiger partial charge in [0.2, 0.25) is 15.9 Å². The molecule has 1 fully saturated rings. The first-order valence-corrected chi connectivity index (χ1v) is 9.02. The summed E-state index contributed by atoms with van der Waals surface area (Å²) in [5, 5.41) is 5.81. The van der Waals surface area contributed by atoms with Gasteiger partial charge in [-0.05, 0) is 38.1 Å². The molecule has 0 aromatic heterocycles. The Balaban J connectivity index is 0.00000264. The van der Waals surface area contributed by atoms with Gasteiger partial charge < -0.3 is 10.6 Å². The van der Waals surface area contributed by atoms with E-state index >= 15 is 0 Å². The molecule has 23 heavy (non-hydrogen) atoms. The summed E-state index contributed by atoms with van der Waals surface area (Å²) in [6.07, 6.45) is 0.636. The van der Waals surface area contributed by atoms with Gasteiger partial charge in [-0.3, -0.25) is 9.10 Å². The maximum Gasteiger partial charge on any atom is 0.235 e. The van der Waals surface area contributed by atoms with Gasteiger partial charge in [0.25, 0.3) is 0 Å². The van der Waals surface area contributed by atoms with Gasteiger partial charge >= 0.3 is 0 Å². The van der Waals surface area contributed by atoms with Crippen LogP contribution in [0.25, 0.3) is 0 Å². The van der Waals surface area contributed by atoms with Gasteiger partial charge in [-0.25, -0.2) is 8.42 Å². The molecular weight excluding hydrogens is 338 g/mol. The summed E-state index contributed by atoms with van der Waals surface area (Å²) in [6.45, 7) is 4.80. The fourth-order valence-corrected chi connectivity index (χ4v) is 4.15. The lowest BCUT2D eigenvalue weighted by Gasteiger charge is -2.20. The van der Waals surface area contributed by atoms with E-state index in [2.05, 4.69) is 10.6 Å². The molecule has 130 valence electrons. The third kappa shape index (κ3) is 4.59. The summed E-state index contributed by atoms with van der Waals surface area (Å²) in [6, 6.07) is 5.37. The van der Waals surface area contributed by atoms with Crippen molar-refractivity contribution < 1.29 is 13.2 Å². The molecule has 0 spiro atoms. The predicted octanol–water partition coefficient (Wildman–Crippen LogP) is 1.75. The molecule has 1 aromatic rings. The number of anilines is 2. The van der Waals surface area contributed by atoms with Crippen LogP contribution in [0.1, 0.15) is 18.9 Å². The maximum atomic E-state index is 12.1.